The van der Waals surface area contributed by atoms with Gasteiger partial charge in [-0.3, -0.25) is 0 Å². The van der Waals surface area contributed by atoms with Crippen LogP contribution in [0.2, 0.25) is 0 Å². The second kappa shape index (κ2) is 6.09. The Morgan fingerprint density at radius 1 is 1.30 bits per heavy atom. The lowest BCUT2D eigenvalue weighted by Crippen LogP contribution is -2.30. The molecule has 0 spiro atoms. The van der Waals surface area contributed by atoms with Gasteiger partial charge < -0.3 is 9.64 Å². The van der Waals surface area contributed by atoms with Crippen LogP contribution < -0.4 is 0 Å². The Hall–Kier alpha value is -1.81. The molecule has 0 radical (unpaired) electrons. The molecule has 1 aliphatic heterocycles. The maximum atomic E-state index is 12.2. The Kier molecular flexibility index (Phi) is 4.02. The van der Waals surface area contributed by atoms with Gasteiger partial charge in [0.2, 0.25) is 0 Å². The predicted molar refractivity (Wildman–Crippen MR) is 79.6 cm³/mol. The van der Waals surface area contributed by atoms with E-state index in [0.29, 0.717) is 6.61 Å². The van der Waals surface area contributed by atoms with E-state index in [2.05, 4.69) is 16.8 Å². The molecule has 1 aromatic carbocycles. The van der Waals surface area contributed by atoms with Crippen LogP contribution in [0.4, 0.5) is 4.79 Å². The molecule has 0 saturated carbocycles. The fourth-order valence-electron chi connectivity index (χ4n) is 2.60. The minimum Gasteiger partial charge on any atom is -0.445 e. The third-order valence-electron chi connectivity index (χ3n) is 3.62. The molecule has 0 bridgehead atoms. The van der Waals surface area contributed by atoms with Gasteiger partial charge in [-0.2, -0.15) is 11.3 Å². The molecular weight excluding hydrogens is 270 g/mol. The average molecular weight is 287 g/mol. The van der Waals surface area contributed by atoms with Gasteiger partial charge in [0.05, 0.1) is 6.04 Å². The summed E-state index contributed by atoms with van der Waals surface area (Å²) >= 11 is 1.67. The molecule has 4 heteroatoms. The van der Waals surface area contributed by atoms with Crippen LogP contribution in [0.1, 0.15) is 30.0 Å². The Bertz CT molecular complexity index is 553. The van der Waals surface area contributed by atoms with Crippen LogP contribution in [0.15, 0.2) is 47.2 Å². The van der Waals surface area contributed by atoms with Crippen molar-refractivity contribution in [1.29, 1.82) is 0 Å². The molecule has 1 saturated heterocycles. The largest absolute Gasteiger partial charge is 0.445 e. The van der Waals surface area contributed by atoms with Crippen molar-refractivity contribution in [2.24, 2.45) is 0 Å². The number of likely N-dealkylation sites (tertiary alicyclic amines) is 1. The number of carbonyl (C=O) groups is 1. The zero-order valence-corrected chi connectivity index (χ0v) is 12.0. The van der Waals surface area contributed by atoms with Crippen molar-refractivity contribution >= 4 is 17.4 Å². The summed E-state index contributed by atoms with van der Waals surface area (Å²) in [4.78, 5) is 14.1. The molecule has 1 atom stereocenters. The summed E-state index contributed by atoms with van der Waals surface area (Å²) in [6.45, 7) is 1.13. The van der Waals surface area contributed by atoms with Gasteiger partial charge in [-0.1, -0.05) is 30.3 Å². The molecule has 3 nitrogen and oxygen atoms in total. The molecule has 20 heavy (non-hydrogen) atoms. The standard InChI is InChI=1S/C16H17NO2S/c18-16(19-11-13-5-2-1-3-6-13)17-9-4-7-15(17)14-8-10-20-12-14/h1-3,5-6,8,10,12,15H,4,7,9,11H2. The number of nitrogens with zero attached hydrogens (tertiary/aromatic N) is 1. The van der Waals surface area contributed by atoms with Crippen molar-refractivity contribution < 1.29 is 9.53 Å². The van der Waals surface area contributed by atoms with E-state index in [-0.39, 0.29) is 12.1 Å². The van der Waals surface area contributed by atoms with E-state index in [9.17, 15) is 4.79 Å². The molecule has 104 valence electrons. The number of hydrogen-bond donors (Lipinski definition) is 0. The van der Waals surface area contributed by atoms with Gasteiger partial charge in [-0.25, -0.2) is 4.79 Å². The third kappa shape index (κ3) is 2.85. The molecule has 0 N–H and O–H groups in total. The van der Waals surface area contributed by atoms with Crippen molar-refractivity contribution in [3.63, 3.8) is 0 Å². The Morgan fingerprint density at radius 2 is 2.15 bits per heavy atom. The second-order valence-electron chi connectivity index (χ2n) is 4.95. The normalized spacial score (nSPS) is 18.2. The lowest BCUT2D eigenvalue weighted by atomic mass is 10.1. The van der Waals surface area contributed by atoms with Gasteiger partial charge in [0, 0.05) is 6.54 Å². The molecule has 1 fully saturated rings. The molecule has 1 amide bonds. The molecule has 1 aliphatic rings. The molecule has 3 rings (SSSR count). The van der Waals surface area contributed by atoms with Crippen molar-refractivity contribution in [3.05, 3.63) is 58.3 Å². The van der Waals surface area contributed by atoms with Crippen LogP contribution in [0.5, 0.6) is 0 Å². The number of ether oxygens (including phenoxy) is 1. The Balaban J connectivity index is 1.62. The monoisotopic (exact) mass is 287 g/mol. The van der Waals surface area contributed by atoms with Crippen LogP contribution in [-0.2, 0) is 11.3 Å². The quantitative estimate of drug-likeness (QED) is 0.845. The number of thiophene rings is 1. The van der Waals surface area contributed by atoms with Gasteiger partial charge in [0.1, 0.15) is 6.61 Å². The summed E-state index contributed by atoms with van der Waals surface area (Å²) in [7, 11) is 0. The third-order valence-corrected chi connectivity index (χ3v) is 4.32. The second-order valence-corrected chi connectivity index (χ2v) is 5.73. The predicted octanol–water partition coefficient (Wildman–Crippen LogP) is 4.22. The van der Waals surface area contributed by atoms with Crippen molar-refractivity contribution in [3.8, 4) is 0 Å². The molecular formula is C16H17NO2S. The van der Waals surface area contributed by atoms with Crippen molar-refractivity contribution in [2.45, 2.75) is 25.5 Å². The molecule has 1 unspecified atom stereocenters. The van der Waals surface area contributed by atoms with E-state index in [4.69, 9.17) is 4.74 Å². The zero-order valence-electron chi connectivity index (χ0n) is 11.2. The lowest BCUT2D eigenvalue weighted by molar-refractivity contribution is 0.0921. The first kappa shape index (κ1) is 13.2. The van der Waals surface area contributed by atoms with E-state index in [1.807, 2.05) is 35.2 Å². The number of carbonyl (C=O) groups excluding carboxylic acids is 1. The summed E-state index contributed by atoms with van der Waals surface area (Å²) in [5.41, 5.74) is 2.25. The Labute approximate surface area is 122 Å². The summed E-state index contributed by atoms with van der Waals surface area (Å²) < 4.78 is 5.43. The van der Waals surface area contributed by atoms with E-state index >= 15 is 0 Å². The number of rotatable bonds is 3. The van der Waals surface area contributed by atoms with Crippen LogP contribution in [0.25, 0.3) is 0 Å². The summed E-state index contributed by atoms with van der Waals surface area (Å²) in [5.74, 6) is 0. The molecule has 2 aromatic rings. The SMILES string of the molecule is O=C(OCc1ccccc1)N1CCCC1c1ccsc1. The highest BCUT2D eigenvalue weighted by Gasteiger charge is 2.31. The van der Waals surface area contributed by atoms with Gasteiger partial charge >= 0.3 is 6.09 Å². The van der Waals surface area contributed by atoms with Crippen LogP contribution in [-0.4, -0.2) is 17.5 Å². The van der Waals surface area contributed by atoms with E-state index < -0.39 is 0 Å². The van der Waals surface area contributed by atoms with Crippen LogP contribution in [0.3, 0.4) is 0 Å². The van der Waals surface area contributed by atoms with E-state index in [0.717, 1.165) is 24.9 Å². The highest BCUT2D eigenvalue weighted by Crippen LogP contribution is 2.33. The fourth-order valence-corrected chi connectivity index (χ4v) is 3.31. The van der Waals surface area contributed by atoms with Crippen LogP contribution >= 0.6 is 11.3 Å². The van der Waals surface area contributed by atoms with E-state index in [1.54, 1.807) is 11.3 Å². The Morgan fingerprint density at radius 3 is 2.90 bits per heavy atom. The zero-order chi connectivity index (χ0) is 13.8. The molecule has 0 aliphatic carbocycles. The molecule has 2 heterocycles. The van der Waals surface area contributed by atoms with E-state index in [1.165, 1.54) is 5.56 Å². The topological polar surface area (TPSA) is 29.5 Å². The van der Waals surface area contributed by atoms with Gasteiger partial charge in [-0.15, -0.1) is 0 Å². The first-order valence-corrected chi connectivity index (χ1v) is 7.78. The number of benzene rings is 1. The van der Waals surface area contributed by atoms with Gasteiger partial charge in [0.15, 0.2) is 0 Å². The highest BCUT2D eigenvalue weighted by atomic mass is 32.1. The lowest BCUT2D eigenvalue weighted by Gasteiger charge is -2.23. The van der Waals surface area contributed by atoms with Gasteiger partial charge in [-0.05, 0) is 40.8 Å². The maximum Gasteiger partial charge on any atom is 0.410 e. The summed E-state index contributed by atoms with van der Waals surface area (Å²) in [6, 6.07) is 12.1. The molecule has 1 aromatic heterocycles. The minimum absolute atomic E-state index is 0.185. The summed E-state index contributed by atoms with van der Waals surface area (Å²) in [5, 5.41) is 4.18. The van der Waals surface area contributed by atoms with Crippen LogP contribution in [0, 0.1) is 0 Å². The minimum atomic E-state index is -0.206. The number of hydrogen-bond acceptors (Lipinski definition) is 3. The highest BCUT2D eigenvalue weighted by molar-refractivity contribution is 7.07. The number of amides is 1. The first-order valence-electron chi connectivity index (χ1n) is 6.84. The maximum absolute atomic E-state index is 12.2. The van der Waals surface area contributed by atoms with Gasteiger partial charge in [0.25, 0.3) is 0 Å². The van der Waals surface area contributed by atoms with Crippen molar-refractivity contribution in [2.75, 3.05) is 6.54 Å². The van der Waals surface area contributed by atoms with Crippen molar-refractivity contribution in [1.82, 2.24) is 4.90 Å². The fraction of sp³-hybridized carbons (Fsp3) is 0.312. The average Bonchev–Trinajstić information content (AvgIpc) is 3.15. The summed E-state index contributed by atoms with van der Waals surface area (Å²) in [6.07, 6.45) is 1.86. The first-order chi connectivity index (χ1) is 9.84. The smallest absolute Gasteiger partial charge is 0.410 e.